The molecule has 0 radical (unpaired) electrons. The Morgan fingerprint density at radius 2 is 1.45 bits per heavy atom. The standard InChI is InChI=1S/C21H25N2O5P/c1-15(22)29(27,28)14-18(12-16-8-4-2-5-9-16)20(24)23-19(21(25)26)13-17-10-6-3-7-11-17/h2-11,18-19,22,27-28H,12-14H2,1H3,(H-,23,24,25,26)/p+1. The summed E-state index contributed by atoms with van der Waals surface area (Å²) >= 11 is 0. The number of carbonyl (C=O) groups is 2. The molecule has 2 rings (SSSR count). The molecule has 2 aromatic rings. The fraction of sp³-hybridized carbons (Fsp3) is 0.286. The van der Waals surface area contributed by atoms with E-state index in [2.05, 4.69) is 5.32 Å². The van der Waals surface area contributed by atoms with Crippen LogP contribution in [0.2, 0.25) is 0 Å². The fourth-order valence-electron chi connectivity index (χ4n) is 2.92. The average Bonchev–Trinajstić information content (AvgIpc) is 2.68. The number of carboxylic acids is 1. The summed E-state index contributed by atoms with van der Waals surface area (Å²) in [4.78, 5) is 45.0. The van der Waals surface area contributed by atoms with Gasteiger partial charge in [-0.3, -0.25) is 10.2 Å². The maximum absolute atomic E-state index is 12.9. The predicted molar refractivity (Wildman–Crippen MR) is 113 cm³/mol. The van der Waals surface area contributed by atoms with Crippen LogP contribution in [0.15, 0.2) is 60.7 Å². The van der Waals surface area contributed by atoms with Crippen molar-refractivity contribution in [3.05, 3.63) is 71.8 Å². The first-order valence-electron chi connectivity index (χ1n) is 9.19. The molecule has 0 heterocycles. The van der Waals surface area contributed by atoms with Gasteiger partial charge in [0.25, 0.3) is 0 Å². The van der Waals surface area contributed by atoms with E-state index < -0.39 is 31.6 Å². The summed E-state index contributed by atoms with van der Waals surface area (Å²) in [5.41, 5.74) is 1.30. The molecule has 0 fully saturated rings. The normalized spacial score (nSPS) is 13.3. The molecule has 29 heavy (non-hydrogen) atoms. The first kappa shape index (κ1) is 22.7. The van der Waals surface area contributed by atoms with Gasteiger partial charge in [-0.1, -0.05) is 60.7 Å². The average molecular weight is 417 g/mol. The Kier molecular flexibility index (Phi) is 8.02. The monoisotopic (exact) mass is 417 g/mol. The third-order valence-electron chi connectivity index (χ3n) is 4.61. The molecule has 2 unspecified atom stereocenters. The van der Waals surface area contributed by atoms with Gasteiger partial charge in [0, 0.05) is 13.3 Å². The lowest BCUT2D eigenvalue weighted by molar-refractivity contribution is -0.142. The highest BCUT2D eigenvalue weighted by Crippen LogP contribution is 2.52. The second-order valence-electron chi connectivity index (χ2n) is 6.97. The zero-order valence-electron chi connectivity index (χ0n) is 16.2. The molecule has 0 bridgehead atoms. The molecule has 8 heteroatoms. The zero-order chi connectivity index (χ0) is 21.4. The highest BCUT2D eigenvalue weighted by molar-refractivity contribution is 7.81. The Hall–Kier alpha value is -2.60. The van der Waals surface area contributed by atoms with Crippen molar-refractivity contribution < 1.29 is 24.5 Å². The Bertz CT molecular complexity index is 843. The predicted octanol–water partition coefficient (Wildman–Crippen LogP) is 2.49. The maximum Gasteiger partial charge on any atom is 0.326 e. The van der Waals surface area contributed by atoms with Crippen LogP contribution in [0.1, 0.15) is 18.1 Å². The number of aliphatic carboxylic acids is 1. The van der Waals surface area contributed by atoms with E-state index in [4.69, 9.17) is 5.41 Å². The molecule has 0 aromatic heterocycles. The largest absolute Gasteiger partial charge is 0.480 e. The van der Waals surface area contributed by atoms with E-state index in [1.54, 1.807) is 24.3 Å². The maximum atomic E-state index is 12.9. The number of nitrogens with one attached hydrogen (secondary N) is 2. The summed E-state index contributed by atoms with van der Waals surface area (Å²) in [6, 6.07) is 16.9. The fourth-order valence-corrected chi connectivity index (χ4v) is 4.11. The number of hydrogen-bond donors (Lipinski definition) is 5. The molecular weight excluding hydrogens is 391 g/mol. The van der Waals surface area contributed by atoms with Gasteiger partial charge in [0.05, 0.1) is 5.92 Å². The lowest BCUT2D eigenvalue weighted by atomic mass is 9.99. The molecule has 2 aromatic carbocycles. The Labute approximate surface area is 170 Å². The van der Waals surface area contributed by atoms with E-state index in [1.807, 2.05) is 36.4 Å². The molecular formula is C21H26N2O5P+. The van der Waals surface area contributed by atoms with E-state index in [0.29, 0.717) is 0 Å². The van der Waals surface area contributed by atoms with Gasteiger partial charge >= 0.3 is 13.7 Å². The minimum atomic E-state index is -3.72. The molecule has 1 amide bonds. The quantitative estimate of drug-likeness (QED) is 0.299. The minimum Gasteiger partial charge on any atom is -0.480 e. The van der Waals surface area contributed by atoms with Crippen molar-refractivity contribution in [2.24, 2.45) is 5.92 Å². The van der Waals surface area contributed by atoms with E-state index in [-0.39, 0.29) is 24.5 Å². The van der Waals surface area contributed by atoms with Crippen LogP contribution in [-0.4, -0.2) is 44.4 Å². The summed E-state index contributed by atoms with van der Waals surface area (Å²) in [6.45, 7) is 1.29. The summed E-state index contributed by atoms with van der Waals surface area (Å²) < 4.78 is 0. The van der Waals surface area contributed by atoms with Crippen LogP contribution < -0.4 is 5.32 Å². The van der Waals surface area contributed by atoms with Crippen molar-refractivity contribution in [3.8, 4) is 0 Å². The zero-order valence-corrected chi connectivity index (χ0v) is 17.0. The molecule has 0 aliphatic heterocycles. The highest BCUT2D eigenvalue weighted by atomic mass is 31.2. The lowest BCUT2D eigenvalue weighted by Gasteiger charge is -2.22. The van der Waals surface area contributed by atoms with Crippen LogP contribution in [-0.2, 0) is 22.4 Å². The number of hydrogen-bond acceptors (Lipinski definition) is 5. The van der Waals surface area contributed by atoms with Crippen molar-refractivity contribution in [1.82, 2.24) is 5.32 Å². The van der Waals surface area contributed by atoms with Crippen LogP contribution in [0.4, 0.5) is 0 Å². The first-order chi connectivity index (χ1) is 13.7. The van der Waals surface area contributed by atoms with Crippen molar-refractivity contribution in [1.29, 1.82) is 5.41 Å². The molecule has 0 spiro atoms. The van der Waals surface area contributed by atoms with E-state index in [1.165, 1.54) is 6.92 Å². The Morgan fingerprint density at radius 1 is 0.966 bits per heavy atom. The molecule has 0 saturated carbocycles. The van der Waals surface area contributed by atoms with Crippen LogP contribution >= 0.6 is 7.72 Å². The van der Waals surface area contributed by atoms with Crippen LogP contribution in [0, 0.1) is 11.3 Å². The number of benzene rings is 2. The van der Waals surface area contributed by atoms with E-state index >= 15 is 0 Å². The second kappa shape index (κ2) is 10.3. The van der Waals surface area contributed by atoms with Gasteiger partial charge < -0.3 is 10.4 Å². The van der Waals surface area contributed by atoms with Crippen LogP contribution in [0.3, 0.4) is 0 Å². The summed E-state index contributed by atoms with van der Waals surface area (Å²) in [6.07, 6.45) is 0.0172. The third kappa shape index (κ3) is 7.06. The van der Waals surface area contributed by atoms with Gasteiger partial charge in [-0.05, 0) is 17.5 Å². The van der Waals surface area contributed by atoms with Crippen molar-refractivity contribution >= 4 is 25.0 Å². The minimum absolute atomic E-state index is 0.113. The lowest BCUT2D eigenvalue weighted by Crippen LogP contribution is -2.46. The van der Waals surface area contributed by atoms with E-state index in [0.717, 1.165) is 11.1 Å². The van der Waals surface area contributed by atoms with Gasteiger partial charge in [0.2, 0.25) is 11.4 Å². The summed E-state index contributed by atoms with van der Waals surface area (Å²) in [7, 11) is -3.72. The van der Waals surface area contributed by atoms with Gasteiger partial charge in [0.15, 0.2) is 0 Å². The van der Waals surface area contributed by atoms with Gasteiger partial charge in [0.1, 0.15) is 12.2 Å². The molecule has 0 saturated heterocycles. The smallest absolute Gasteiger partial charge is 0.326 e. The number of rotatable bonds is 10. The molecule has 7 nitrogen and oxygen atoms in total. The van der Waals surface area contributed by atoms with Crippen molar-refractivity contribution in [2.45, 2.75) is 25.8 Å². The highest BCUT2D eigenvalue weighted by Gasteiger charge is 2.43. The summed E-state index contributed by atoms with van der Waals surface area (Å²) in [5, 5.41) is 19.7. The SMILES string of the molecule is CC(=N)[P+](O)(O)CC(Cc1ccccc1)C(=O)NC(Cc1ccccc1)C(=O)O. The Morgan fingerprint density at radius 3 is 1.90 bits per heavy atom. The first-order valence-corrected chi connectivity index (χ1v) is 11.1. The van der Waals surface area contributed by atoms with Gasteiger partial charge in [-0.25, -0.2) is 14.6 Å². The number of amides is 1. The number of carbonyl (C=O) groups excluding carboxylic acids is 1. The van der Waals surface area contributed by atoms with Crippen LogP contribution in [0.25, 0.3) is 0 Å². The molecule has 154 valence electrons. The topological polar surface area (TPSA) is 131 Å². The third-order valence-corrected chi connectivity index (χ3v) is 6.63. The van der Waals surface area contributed by atoms with Crippen molar-refractivity contribution in [3.63, 3.8) is 0 Å². The van der Waals surface area contributed by atoms with Crippen molar-refractivity contribution in [2.75, 3.05) is 6.16 Å². The molecule has 5 N–H and O–H groups in total. The molecule has 0 aliphatic rings. The summed E-state index contributed by atoms with van der Waals surface area (Å²) in [5.74, 6) is -2.62. The molecule has 2 atom stereocenters. The number of carboxylic acid groups (broad SMARTS) is 1. The van der Waals surface area contributed by atoms with Gasteiger partial charge in [-0.15, -0.1) is 0 Å². The van der Waals surface area contributed by atoms with E-state index in [9.17, 15) is 24.5 Å². The second-order valence-corrected chi connectivity index (χ2v) is 9.47. The van der Waals surface area contributed by atoms with Crippen LogP contribution in [0.5, 0.6) is 0 Å². The molecule has 0 aliphatic carbocycles. The Balaban J connectivity index is 2.19. The van der Waals surface area contributed by atoms with Gasteiger partial charge in [-0.2, -0.15) is 0 Å².